The van der Waals surface area contributed by atoms with E-state index in [1.54, 1.807) is 0 Å². The van der Waals surface area contributed by atoms with Crippen LogP contribution in [0.1, 0.15) is 67.2 Å². The molecular weight excluding hydrogens is 430 g/mol. The number of rotatable bonds is 7. The molecule has 2 aromatic heterocycles. The number of aromatic nitrogens is 4. The summed E-state index contributed by atoms with van der Waals surface area (Å²) in [4.78, 5) is 2.62. The smallest absolute Gasteiger partial charge is 0.190 e. The highest BCUT2D eigenvalue weighted by atomic mass is 32.2. The second-order valence-electron chi connectivity index (χ2n) is 9.58. The maximum atomic E-state index is 5.26. The van der Waals surface area contributed by atoms with Gasteiger partial charge in [-0.25, -0.2) is 0 Å². The summed E-state index contributed by atoms with van der Waals surface area (Å²) >= 11 is 1.86. The minimum Gasteiger partial charge on any atom is -0.361 e. The molecule has 1 aliphatic carbocycles. The topological polar surface area (TPSA) is 60.0 Å². The van der Waals surface area contributed by atoms with Crippen LogP contribution in [0.25, 0.3) is 11.3 Å². The van der Waals surface area contributed by atoms with Crippen LogP contribution in [0.5, 0.6) is 0 Å². The molecule has 1 aromatic carbocycles. The van der Waals surface area contributed by atoms with E-state index < -0.39 is 0 Å². The molecule has 3 heterocycles. The zero-order valence-electron chi connectivity index (χ0n) is 19.9. The minimum atomic E-state index is 0.609. The molecule has 2 aliphatic rings. The monoisotopic (exact) mass is 465 g/mol. The fraction of sp³-hybridized carbons (Fsp3) is 0.577. The van der Waals surface area contributed by atoms with Gasteiger partial charge in [0.2, 0.25) is 0 Å². The van der Waals surface area contributed by atoms with Crippen LogP contribution in [0.3, 0.4) is 0 Å². The van der Waals surface area contributed by atoms with E-state index in [2.05, 4.69) is 50.1 Å². The van der Waals surface area contributed by atoms with E-state index >= 15 is 0 Å². The molecule has 0 bridgehead atoms. The predicted octanol–water partition coefficient (Wildman–Crippen LogP) is 5.41. The molecule has 0 amide bonds. The lowest BCUT2D eigenvalue weighted by Crippen LogP contribution is -2.27. The van der Waals surface area contributed by atoms with Crippen LogP contribution in [0, 0.1) is 6.92 Å². The van der Waals surface area contributed by atoms with Crippen molar-refractivity contribution in [1.29, 1.82) is 0 Å². The van der Waals surface area contributed by atoms with Crippen LogP contribution >= 0.6 is 11.8 Å². The molecule has 0 saturated heterocycles. The summed E-state index contributed by atoms with van der Waals surface area (Å²) in [6, 6.07) is 8.79. The van der Waals surface area contributed by atoms with Crippen molar-refractivity contribution >= 4 is 11.8 Å². The van der Waals surface area contributed by atoms with Crippen molar-refractivity contribution in [2.45, 2.75) is 69.4 Å². The van der Waals surface area contributed by atoms with Gasteiger partial charge < -0.3 is 14.0 Å². The van der Waals surface area contributed by atoms with E-state index in [1.807, 2.05) is 24.8 Å². The van der Waals surface area contributed by atoms with E-state index in [-0.39, 0.29) is 0 Å². The van der Waals surface area contributed by atoms with Crippen LogP contribution in [0.4, 0.5) is 0 Å². The van der Waals surface area contributed by atoms with Crippen molar-refractivity contribution in [2.75, 3.05) is 25.4 Å². The third-order valence-electron chi connectivity index (χ3n) is 7.21. The Bertz CT molecular complexity index is 1070. The number of benzene rings is 1. The molecule has 0 spiro atoms. The first kappa shape index (κ1) is 22.7. The Morgan fingerprint density at radius 2 is 1.85 bits per heavy atom. The van der Waals surface area contributed by atoms with Crippen molar-refractivity contribution in [2.24, 2.45) is 7.05 Å². The molecule has 176 valence electrons. The van der Waals surface area contributed by atoms with Gasteiger partial charge in [0.25, 0.3) is 0 Å². The average Bonchev–Trinajstić information content (AvgIpc) is 3.37. The van der Waals surface area contributed by atoms with Gasteiger partial charge in [0.15, 0.2) is 5.16 Å². The number of aryl methyl sites for hydroxylation is 1. The first-order valence-electron chi connectivity index (χ1n) is 12.5. The number of hydrogen-bond donors (Lipinski definition) is 0. The molecule has 7 heteroatoms. The van der Waals surface area contributed by atoms with Crippen LogP contribution in [-0.4, -0.2) is 50.2 Å². The Balaban J connectivity index is 1.10. The molecule has 0 unspecified atom stereocenters. The van der Waals surface area contributed by atoms with Crippen LogP contribution in [0.2, 0.25) is 0 Å². The number of thioether (sulfide) groups is 1. The van der Waals surface area contributed by atoms with Crippen molar-refractivity contribution in [3.05, 3.63) is 47.0 Å². The average molecular weight is 466 g/mol. The van der Waals surface area contributed by atoms with Crippen LogP contribution < -0.4 is 0 Å². The molecule has 6 nitrogen and oxygen atoms in total. The highest BCUT2D eigenvalue weighted by Crippen LogP contribution is 2.32. The molecule has 0 atom stereocenters. The van der Waals surface area contributed by atoms with Gasteiger partial charge in [-0.1, -0.05) is 48.3 Å². The maximum absolute atomic E-state index is 5.26. The van der Waals surface area contributed by atoms with Gasteiger partial charge in [-0.15, -0.1) is 10.2 Å². The standard InChI is InChI=1S/C26H35N5OS/c1-19-17-24(29-32-19)23-10-9-20-11-14-31(15-12-22(20)18-23)13-6-16-33-26-28-27-25(30(26)2)21-7-4-3-5-8-21/h9-10,17-18,21H,3-8,11-16H2,1-2H3. The molecule has 1 saturated carbocycles. The van der Waals surface area contributed by atoms with Gasteiger partial charge in [-0.2, -0.15) is 0 Å². The van der Waals surface area contributed by atoms with Gasteiger partial charge in [-0.05, 0) is 62.8 Å². The molecule has 33 heavy (non-hydrogen) atoms. The lowest BCUT2D eigenvalue weighted by Gasteiger charge is -2.20. The first-order valence-corrected chi connectivity index (χ1v) is 13.5. The van der Waals surface area contributed by atoms with Gasteiger partial charge in [-0.3, -0.25) is 0 Å². The lowest BCUT2D eigenvalue weighted by atomic mass is 9.89. The number of fused-ring (bicyclic) bond motifs is 1. The summed E-state index contributed by atoms with van der Waals surface area (Å²) in [7, 11) is 2.15. The summed E-state index contributed by atoms with van der Waals surface area (Å²) in [6.07, 6.45) is 9.98. The van der Waals surface area contributed by atoms with Crippen molar-refractivity contribution in [3.63, 3.8) is 0 Å². The minimum absolute atomic E-state index is 0.609. The zero-order chi connectivity index (χ0) is 22.6. The summed E-state index contributed by atoms with van der Waals surface area (Å²) in [5, 5.41) is 14.3. The van der Waals surface area contributed by atoms with Gasteiger partial charge in [0, 0.05) is 43.4 Å². The lowest BCUT2D eigenvalue weighted by molar-refractivity contribution is 0.289. The Kier molecular flexibility index (Phi) is 7.16. The summed E-state index contributed by atoms with van der Waals surface area (Å²) < 4.78 is 7.51. The summed E-state index contributed by atoms with van der Waals surface area (Å²) in [5.41, 5.74) is 5.03. The summed E-state index contributed by atoms with van der Waals surface area (Å²) in [6.45, 7) is 5.34. The third-order valence-corrected chi connectivity index (χ3v) is 8.32. The SMILES string of the molecule is Cc1cc(-c2ccc3c(c2)CCN(CCCSc2nnc(C4CCCCC4)n2C)CC3)no1. The Morgan fingerprint density at radius 3 is 2.64 bits per heavy atom. The quantitative estimate of drug-likeness (QED) is 0.343. The fourth-order valence-electron chi connectivity index (χ4n) is 5.28. The number of nitrogens with zero attached hydrogens (tertiary/aromatic N) is 5. The van der Waals surface area contributed by atoms with Gasteiger partial charge >= 0.3 is 0 Å². The van der Waals surface area contributed by atoms with Crippen LogP contribution in [0.15, 0.2) is 33.9 Å². The molecule has 3 aromatic rings. The predicted molar refractivity (Wildman–Crippen MR) is 133 cm³/mol. The molecule has 0 N–H and O–H groups in total. The summed E-state index contributed by atoms with van der Waals surface area (Å²) in [5.74, 6) is 3.76. The Hall–Kier alpha value is -2.12. The molecule has 5 rings (SSSR count). The van der Waals surface area contributed by atoms with Crippen molar-refractivity contribution in [3.8, 4) is 11.3 Å². The van der Waals surface area contributed by atoms with E-state index in [1.165, 1.54) is 55.5 Å². The Morgan fingerprint density at radius 1 is 1.03 bits per heavy atom. The second-order valence-corrected chi connectivity index (χ2v) is 10.6. The van der Waals surface area contributed by atoms with Crippen LogP contribution in [-0.2, 0) is 19.9 Å². The van der Waals surface area contributed by atoms with Gasteiger partial charge in [0.05, 0.1) is 0 Å². The van der Waals surface area contributed by atoms with Gasteiger partial charge in [0.1, 0.15) is 17.3 Å². The Labute approximate surface area is 201 Å². The third kappa shape index (κ3) is 5.35. The highest BCUT2D eigenvalue weighted by Gasteiger charge is 2.22. The van der Waals surface area contributed by atoms with E-state index in [0.29, 0.717) is 5.92 Å². The van der Waals surface area contributed by atoms with E-state index in [9.17, 15) is 0 Å². The van der Waals surface area contributed by atoms with Crippen molar-refractivity contribution in [1.82, 2.24) is 24.8 Å². The number of hydrogen-bond acceptors (Lipinski definition) is 6. The van der Waals surface area contributed by atoms with Crippen molar-refractivity contribution < 1.29 is 4.52 Å². The molecule has 1 aliphatic heterocycles. The highest BCUT2D eigenvalue weighted by molar-refractivity contribution is 7.99. The fourth-order valence-corrected chi connectivity index (χ4v) is 6.12. The first-order chi connectivity index (χ1) is 16.2. The second kappa shape index (κ2) is 10.4. The zero-order valence-corrected chi connectivity index (χ0v) is 20.7. The normalized spacial score (nSPS) is 17.8. The van der Waals surface area contributed by atoms with E-state index in [4.69, 9.17) is 4.52 Å². The molecular formula is C26H35N5OS. The molecule has 1 fully saturated rings. The largest absolute Gasteiger partial charge is 0.361 e. The molecule has 0 radical (unpaired) electrons. The maximum Gasteiger partial charge on any atom is 0.190 e. The van der Waals surface area contributed by atoms with E-state index in [0.717, 1.165) is 60.4 Å².